The molecule has 0 bridgehead atoms. The average Bonchev–Trinajstić information content (AvgIpc) is 3.20. The first-order valence-electron chi connectivity index (χ1n) is 9.84. The van der Waals surface area contributed by atoms with Crippen LogP contribution in [0, 0.1) is 0 Å². The fourth-order valence-electron chi connectivity index (χ4n) is 3.86. The Morgan fingerprint density at radius 3 is 2.44 bits per heavy atom. The molecule has 0 spiro atoms. The van der Waals surface area contributed by atoms with Gasteiger partial charge < -0.3 is 10.2 Å². The van der Waals surface area contributed by atoms with Crippen molar-refractivity contribution in [1.82, 2.24) is 9.62 Å². The van der Waals surface area contributed by atoms with E-state index in [0.29, 0.717) is 32.2 Å². The summed E-state index contributed by atoms with van der Waals surface area (Å²) in [5.41, 5.74) is 0.863. The normalized spacial score (nSPS) is 21.5. The molecule has 1 atom stereocenters. The van der Waals surface area contributed by atoms with Crippen LogP contribution in [-0.4, -0.2) is 56.9 Å². The molecule has 2 fully saturated rings. The Kier molecular flexibility index (Phi) is 6.68. The van der Waals surface area contributed by atoms with E-state index >= 15 is 0 Å². The van der Waals surface area contributed by atoms with E-state index in [2.05, 4.69) is 5.32 Å². The maximum absolute atomic E-state index is 12.6. The third-order valence-corrected chi connectivity index (χ3v) is 7.23. The molecule has 0 aromatic heterocycles. The highest BCUT2D eigenvalue weighted by atomic mass is 32.2. The smallest absolute Gasteiger partial charge is 0.278 e. The van der Waals surface area contributed by atoms with Crippen LogP contribution in [0.4, 0.5) is 0 Å². The number of carbonyl (C=O) groups excluding carboxylic acids is 1. The van der Waals surface area contributed by atoms with Gasteiger partial charge in [-0.2, -0.15) is 4.31 Å². The number of rotatable bonds is 6. The number of hydrogen-bond acceptors (Lipinski definition) is 3. The zero-order valence-corrected chi connectivity index (χ0v) is 16.7. The quantitative estimate of drug-likeness (QED) is 0.746. The van der Waals surface area contributed by atoms with Gasteiger partial charge in [0, 0.05) is 11.4 Å². The molecule has 3 rings (SSSR count). The molecule has 148 valence electrons. The van der Waals surface area contributed by atoms with Crippen molar-refractivity contribution in [2.24, 2.45) is 0 Å². The molecule has 7 heteroatoms. The van der Waals surface area contributed by atoms with Gasteiger partial charge in [-0.3, -0.25) is 4.79 Å². The Hall–Kier alpha value is -1.70. The lowest BCUT2D eigenvalue weighted by Crippen LogP contribution is -3.19. The molecular formula is C20H30N3O3S+. The van der Waals surface area contributed by atoms with Gasteiger partial charge in [0.05, 0.1) is 26.2 Å². The fraction of sp³-hybridized carbons (Fsp3) is 0.550. The number of piperazine rings is 1. The first-order valence-corrected chi connectivity index (χ1v) is 11.3. The van der Waals surface area contributed by atoms with Crippen molar-refractivity contribution >= 4 is 22.0 Å². The Labute approximate surface area is 162 Å². The lowest BCUT2D eigenvalue weighted by Gasteiger charge is -2.34. The zero-order chi connectivity index (χ0) is 19.3. The van der Waals surface area contributed by atoms with Crippen LogP contribution in [0.25, 0.3) is 6.08 Å². The summed E-state index contributed by atoms with van der Waals surface area (Å²) in [7, 11) is -3.43. The van der Waals surface area contributed by atoms with Crippen LogP contribution in [0.5, 0.6) is 0 Å². The van der Waals surface area contributed by atoms with Gasteiger partial charge in [-0.05, 0) is 31.4 Å². The third-order valence-electron chi connectivity index (χ3n) is 5.66. The highest BCUT2D eigenvalue weighted by Gasteiger charge is 2.33. The van der Waals surface area contributed by atoms with Gasteiger partial charge in [0.1, 0.15) is 0 Å². The summed E-state index contributed by atoms with van der Waals surface area (Å²) < 4.78 is 26.6. The number of carbonyl (C=O) groups is 1. The molecule has 1 aliphatic carbocycles. The van der Waals surface area contributed by atoms with E-state index in [1.807, 2.05) is 37.3 Å². The molecule has 1 aromatic carbocycles. The summed E-state index contributed by atoms with van der Waals surface area (Å²) >= 11 is 0. The van der Waals surface area contributed by atoms with Gasteiger partial charge in [0.2, 0.25) is 10.0 Å². The summed E-state index contributed by atoms with van der Waals surface area (Å²) in [5, 5.41) is 4.43. The monoisotopic (exact) mass is 392 g/mol. The number of quaternary nitrogens is 1. The Balaban J connectivity index is 1.51. The molecule has 0 radical (unpaired) electrons. The summed E-state index contributed by atoms with van der Waals surface area (Å²) in [5.74, 6) is 0.0946. The Morgan fingerprint density at radius 1 is 1.19 bits per heavy atom. The van der Waals surface area contributed by atoms with Gasteiger partial charge in [-0.15, -0.1) is 0 Å². The summed E-state index contributed by atoms with van der Waals surface area (Å²) in [6.45, 7) is 4.13. The largest absolute Gasteiger partial charge is 0.348 e. The van der Waals surface area contributed by atoms with E-state index in [1.54, 1.807) is 6.08 Å². The standard InChI is InChI=1S/C20H29N3O3S/c1-17(20(24)21-19-9-5-6-10-19)22-12-14-23(15-13-22)27(25,26)16-11-18-7-3-2-4-8-18/h2-4,7-8,11,16-17,19H,5-6,9-10,12-15H2,1H3,(H,21,24)/p+1/b16-11+/t17-/m0/s1. The van der Waals surface area contributed by atoms with Crippen LogP contribution < -0.4 is 10.2 Å². The second-order valence-corrected chi connectivity index (χ2v) is 9.35. The molecule has 6 nitrogen and oxygen atoms in total. The van der Waals surface area contributed by atoms with Crippen LogP contribution in [0.3, 0.4) is 0 Å². The van der Waals surface area contributed by atoms with Crippen molar-refractivity contribution in [2.75, 3.05) is 26.2 Å². The van der Waals surface area contributed by atoms with Crippen LogP contribution in [0.15, 0.2) is 35.7 Å². The topological polar surface area (TPSA) is 70.9 Å². The van der Waals surface area contributed by atoms with Crippen molar-refractivity contribution in [3.05, 3.63) is 41.3 Å². The molecule has 2 N–H and O–H groups in total. The second kappa shape index (κ2) is 8.99. The lowest BCUT2D eigenvalue weighted by molar-refractivity contribution is -0.917. The minimum atomic E-state index is -3.43. The van der Waals surface area contributed by atoms with Gasteiger partial charge in [0.15, 0.2) is 6.04 Å². The number of nitrogens with one attached hydrogen (secondary N) is 2. The molecule has 27 heavy (non-hydrogen) atoms. The molecule has 1 amide bonds. The second-order valence-electron chi connectivity index (χ2n) is 7.53. The highest BCUT2D eigenvalue weighted by Crippen LogP contribution is 2.17. The molecule has 2 aliphatic rings. The number of sulfonamides is 1. The maximum atomic E-state index is 12.6. The molecule has 1 heterocycles. The Bertz CT molecular complexity index is 750. The lowest BCUT2D eigenvalue weighted by atomic mass is 10.2. The van der Waals surface area contributed by atoms with Crippen molar-refractivity contribution in [1.29, 1.82) is 0 Å². The fourth-order valence-corrected chi connectivity index (χ4v) is 5.05. The van der Waals surface area contributed by atoms with Gasteiger partial charge in [-0.25, -0.2) is 8.42 Å². The number of hydrogen-bond donors (Lipinski definition) is 2. The zero-order valence-electron chi connectivity index (χ0n) is 15.9. The van der Waals surface area contributed by atoms with Crippen molar-refractivity contribution < 1.29 is 18.1 Å². The molecular weight excluding hydrogens is 362 g/mol. The van der Waals surface area contributed by atoms with E-state index in [-0.39, 0.29) is 11.9 Å². The minimum Gasteiger partial charge on any atom is -0.348 e. The SMILES string of the molecule is C[C@@H](C(=O)NC1CCCC1)[NH+]1CCN(S(=O)(=O)/C=C/c2ccccc2)CC1. The van der Waals surface area contributed by atoms with Gasteiger partial charge in [-0.1, -0.05) is 43.2 Å². The van der Waals surface area contributed by atoms with Crippen molar-refractivity contribution in [3.8, 4) is 0 Å². The predicted octanol–water partition coefficient (Wildman–Crippen LogP) is 0.635. The van der Waals surface area contributed by atoms with Crippen LogP contribution >= 0.6 is 0 Å². The Morgan fingerprint density at radius 2 is 1.81 bits per heavy atom. The van der Waals surface area contributed by atoms with Crippen LogP contribution in [0.1, 0.15) is 38.2 Å². The van der Waals surface area contributed by atoms with Crippen molar-refractivity contribution in [2.45, 2.75) is 44.7 Å². The summed E-state index contributed by atoms with van der Waals surface area (Å²) in [6.07, 6.45) is 6.17. The highest BCUT2D eigenvalue weighted by molar-refractivity contribution is 7.92. The molecule has 1 aromatic rings. The van der Waals surface area contributed by atoms with Crippen molar-refractivity contribution in [3.63, 3.8) is 0 Å². The molecule has 1 saturated carbocycles. The third kappa shape index (κ3) is 5.40. The molecule has 1 saturated heterocycles. The first kappa shape index (κ1) is 20.0. The number of benzene rings is 1. The van der Waals surface area contributed by atoms with Gasteiger partial charge >= 0.3 is 0 Å². The molecule has 1 aliphatic heterocycles. The van der Waals surface area contributed by atoms with Crippen LogP contribution in [0.2, 0.25) is 0 Å². The first-order chi connectivity index (χ1) is 13.0. The van der Waals surface area contributed by atoms with E-state index in [0.717, 1.165) is 23.3 Å². The maximum Gasteiger partial charge on any atom is 0.278 e. The van der Waals surface area contributed by atoms with E-state index in [4.69, 9.17) is 0 Å². The average molecular weight is 393 g/mol. The minimum absolute atomic E-state index is 0.0946. The van der Waals surface area contributed by atoms with Crippen LogP contribution in [-0.2, 0) is 14.8 Å². The summed E-state index contributed by atoms with van der Waals surface area (Å²) in [4.78, 5) is 13.6. The predicted molar refractivity (Wildman–Crippen MR) is 107 cm³/mol. The van der Waals surface area contributed by atoms with Gasteiger partial charge in [0.25, 0.3) is 5.91 Å². The van der Waals surface area contributed by atoms with E-state index in [1.165, 1.54) is 22.6 Å². The summed E-state index contributed by atoms with van der Waals surface area (Å²) in [6, 6.07) is 9.59. The van der Waals surface area contributed by atoms with E-state index < -0.39 is 10.0 Å². The number of amides is 1. The number of nitrogens with zero attached hydrogens (tertiary/aromatic N) is 1. The molecule has 0 unspecified atom stereocenters. The van der Waals surface area contributed by atoms with E-state index in [9.17, 15) is 13.2 Å².